The number of halogens is 2. The summed E-state index contributed by atoms with van der Waals surface area (Å²) in [5.74, 6) is -0.263. The molecule has 0 aliphatic heterocycles. The van der Waals surface area contributed by atoms with Gasteiger partial charge in [0, 0.05) is 16.6 Å². The molecule has 94 valence electrons. The van der Waals surface area contributed by atoms with Crippen LogP contribution in [0.3, 0.4) is 0 Å². The highest BCUT2D eigenvalue weighted by Gasteiger charge is 2.12. The van der Waals surface area contributed by atoms with Crippen LogP contribution in [0.1, 0.15) is 19.4 Å². The molecule has 1 rings (SSSR count). The van der Waals surface area contributed by atoms with Gasteiger partial charge in [0.15, 0.2) is 0 Å². The maximum absolute atomic E-state index is 11.4. The topological polar surface area (TPSA) is 38.3 Å². The Kier molecular flexibility index (Phi) is 5.75. The van der Waals surface area contributed by atoms with Gasteiger partial charge in [-0.3, -0.25) is 4.79 Å². The van der Waals surface area contributed by atoms with Crippen molar-refractivity contribution in [2.75, 3.05) is 6.61 Å². The average molecular weight is 276 g/mol. The zero-order chi connectivity index (χ0) is 12.8. The average Bonchev–Trinajstić information content (AvgIpc) is 2.25. The predicted octanol–water partition coefficient (Wildman–Crippen LogP) is 3.03. The highest BCUT2D eigenvalue weighted by molar-refractivity contribution is 6.34. The normalized spacial score (nSPS) is 12.2. The first-order valence-electron chi connectivity index (χ1n) is 5.38. The van der Waals surface area contributed by atoms with Crippen molar-refractivity contribution in [1.29, 1.82) is 0 Å². The number of carbonyl (C=O) groups excluding carboxylic acids is 1. The molecule has 0 saturated carbocycles. The van der Waals surface area contributed by atoms with E-state index in [1.54, 1.807) is 32.0 Å². The summed E-state index contributed by atoms with van der Waals surface area (Å²) in [6, 6.07) is 4.92. The van der Waals surface area contributed by atoms with Gasteiger partial charge in [0.05, 0.1) is 6.61 Å². The Morgan fingerprint density at radius 3 is 2.47 bits per heavy atom. The molecule has 1 aromatic carbocycles. The summed E-state index contributed by atoms with van der Waals surface area (Å²) in [6.07, 6.45) is 0. The van der Waals surface area contributed by atoms with E-state index in [1.165, 1.54) is 0 Å². The molecule has 0 bridgehead atoms. The Bertz CT molecular complexity index is 376. The molecule has 0 heterocycles. The summed E-state index contributed by atoms with van der Waals surface area (Å²) in [5, 5.41) is 4.21. The van der Waals surface area contributed by atoms with Gasteiger partial charge in [-0.2, -0.15) is 0 Å². The van der Waals surface area contributed by atoms with Crippen molar-refractivity contribution in [2.45, 2.75) is 26.4 Å². The molecule has 1 N–H and O–H groups in total. The second-order valence-electron chi connectivity index (χ2n) is 3.63. The highest BCUT2D eigenvalue weighted by Crippen LogP contribution is 2.18. The number of hydrogen-bond donors (Lipinski definition) is 1. The summed E-state index contributed by atoms with van der Waals surface area (Å²) < 4.78 is 4.89. The van der Waals surface area contributed by atoms with Crippen molar-refractivity contribution >= 4 is 29.2 Å². The molecule has 3 nitrogen and oxygen atoms in total. The molecule has 0 radical (unpaired) electrons. The van der Waals surface area contributed by atoms with Crippen molar-refractivity contribution in [3.05, 3.63) is 33.8 Å². The van der Waals surface area contributed by atoms with Crippen molar-refractivity contribution in [2.24, 2.45) is 0 Å². The Balaban J connectivity index is 2.52. The Morgan fingerprint density at radius 1 is 1.35 bits per heavy atom. The molecule has 0 amide bonds. The second-order valence-corrected chi connectivity index (χ2v) is 4.51. The molecule has 0 saturated heterocycles. The van der Waals surface area contributed by atoms with E-state index in [2.05, 4.69) is 5.32 Å². The summed E-state index contributed by atoms with van der Waals surface area (Å²) in [4.78, 5) is 11.4. The molecule has 1 unspecified atom stereocenters. The van der Waals surface area contributed by atoms with E-state index in [0.717, 1.165) is 5.56 Å². The van der Waals surface area contributed by atoms with Gasteiger partial charge in [0.2, 0.25) is 0 Å². The predicted molar refractivity (Wildman–Crippen MR) is 69.4 cm³/mol. The number of hydrogen-bond acceptors (Lipinski definition) is 3. The number of esters is 1. The minimum atomic E-state index is -0.354. The molecule has 0 aliphatic carbocycles. The lowest BCUT2D eigenvalue weighted by atomic mass is 10.2. The quantitative estimate of drug-likeness (QED) is 0.840. The molecular formula is C12H15Cl2NO2. The monoisotopic (exact) mass is 275 g/mol. The summed E-state index contributed by atoms with van der Waals surface area (Å²) >= 11 is 11.7. The number of benzene rings is 1. The zero-order valence-corrected chi connectivity index (χ0v) is 11.3. The van der Waals surface area contributed by atoms with Crippen LogP contribution in [0.2, 0.25) is 10.0 Å². The molecule has 1 aromatic rings. The van der Waals surface area contributed by atoms with Crippen molar-refractivity contribution in [3.63, 3.8) is 0 Å². The van der Waals surface area contributed by atoms with Gasteiger partial charge in [-0.25, -0.2) is 0 Å². The molecule has 0 aromatic heterocycles. The lowest BCUT2D eigenvalue weighted by Gasteiger charge is -2.12. The van der Waals surface area contributed by atoms with Crippen LogP contribution < -0.4 is 5.32 Å². The van der Waals surface area contributed by atoms with Gasteiger partial charge in [0.25, 0.3) is 0 Å². The van der Waals surface area contributed by atoms with Crippen molar-refractivity contribution < 1.29 is 9.53 Å². The van der Waals surface area contributed by atoms with Crippen molar-refractivity contribution in [3.8, 4) is 0 Å². The fourth-order valence-electron chi connectivity index (χ4n) is 1.33. The Hall–Kier alpha value is -0.770. The van der Waals surface area contributed by atoms with Crippen LogP contribution in [0, 0.1) is 0 Å². The largest absolute Gasteiger partial charge is 0.465 e. The first-order valence-corrected chi connectivity index (χ1v) is 6.13. The summed E-state index contributed by atoms with van der Waals surface area (Å²) in [7, 11) is 0. The van der Waals surface area contributed by atoms with Gasteiger partial charge in [0.1, 0.15) is 6.04 Å². The fourth-order valence-corrected chi connectivity index (χ4v) is 1.91. The highest BCUT2D eigenvalue weighted by atomic mass is 35.5. The number of ether oxygens (including phenoxy) is 1. The molecule has 5 heteroatoms. The maximum Gasteiger partial charge on any atom is 0.322 e. The van der Waals surface area contributed by atoms with Crippen LogP contribution in [-0.4, -0.2) is 18.6 Å². The fraction of sp³-hybridized carbons (Fsp3) is 0.417. The number of carbonyl (C=O) groups is 1. The van der Waals surface area contributed by atoms with Crippen LogP contribution in [0.15, 0.2) is 18.2 Å². The molecule has 1 atom stereocenters. The van der Waals surface area contributed by atoms with E-state index in [-0.39, 0.29) is 12.0 Å². The zero-order valence-electron chi connectivity index (χ0n) is 9.80. The van der Waals surface area contributed by atoms with Crippen LogP contribution in [0.4, 0.5) is 0 Å². The standard InChI is InChI=1S/C12H15Cl2NO2/c1-3-17-12(16)8(2)15-7-9-4-10(13)6-11(14)5-9/h4-6,8,15H,3,7H2,1-2H3. The molecular weight excluding hydrogens is 261 g/mol. The third kappa shape index (κ3) is 4.94. The lowest BCUT2D eigenvalue weighted by molar-refractivity contribution is -0.145. The molecule has 0 fully saturated rings. The second kappa shape index (κ2) is 6.84. The van der Waals surface area contributed by atoms with E-state index in [9.17, 15) is 4.79 Å². The van der Waals surface area contributed by atoms with Crippen LogP contribution >= 0.6 is 23.2 Å². The van der Waals surface area contributed by atoms with E-state index in [1.807, 2.05) is 0 Å². The third-order valence-corrected chi connectivity index (χ3v) is 2.61. The van der Waals surface area contributed by atoms with E-state index >= 15 is 0 Å². The van der Waals surface area contributed by atoms with E-state index in [4.69, 9.17) is 27.9 Å². The van der Waals surface area contributed by atoms with E-state index < -0.39 is 0 Å². The minimum Gasteiger partial charge on any atom is -0.465 e. The van der Waals surface area contributed by atoms with Gasteiger partial charge in [-0.1, -0.05) is 23.2 Å². The molecule has 17 heavy (non-hydrogen) atoms. The van der Waals surface area contributed by atoms with Gasteiger partial charge in [-0.05, 0) is 37.6 Å². The maximum atomic E-state index is 11.4. The summed E-state index contributed by atoms with van der Waals surface area (Å²) in [5.41, 5.74) is 0.929. The minimum absolute atomic E-state index is 0.263. The molecule has 0 aliphatic rings. The lowest BCUT2D eigenvalue weighted by Crippen LogP contribution is -2.34. The van der Waals surface area contributed by atoms with Crippen molar-refractivity contribution in [1.82, 2.24) is 5.32 Å². The first-order chi connectivity index (χ1) is 8.02. The van der Waals surface area contributed by atoms with Gasteiger partial charge < -0.3 is 10.1 Å². The number of nitrogens with one attached hydrogen (secondary N) is 1. The van der Waals surface area contributed by atoms with Gasteiger partial charge in [-0.15, -0.1) is 0 Å². The Labute approximate surface area is 111 Å². The number of rotatable bonds is 5. The molecule has 0 spiro atoms. The first kappa shape index (κ1) is 14.3. The van der Waals surface area contributed by atoms with Gasteiger partial charge >= 0.3 is 5.97 Å². The summed E-state index contributed by atoms with van der Waals surface area (Å²) in [6.45, 7) is 4.43. The third-order valence-electron chi connectivity index (χ3n) is 2.17. The SMILES string of the molecule is CCOC(=O)C(C)NCc1cc(Cl)cc(Cl)c1. The van der Waals surface area contributed by atoms with Crippen LogP contribution in [-0.2, 0) is 16.1 Å². The van der Waals surface area contributed by atoms with Crippen LogP contribution in [0.25, 0.3) is 0 Å². The smallest absolute Gasteiger partial charge is 0.322 e. The Morgan fingerprint density at radius 2 is 1.94 bits per heavy atom. The van der Waals surface area contributed by atoms with E-state index in [0.29, 0.717) is 23.2 Å². The van der Waals surface area contributed by atoms with Crippen LogP contribution in [0.5, 0.6) is 0 Å².